The number of Topliss-reactive ketones (excluding diaryl/α,β-unsaturated/α-hetero) is 1. The zero-order chi connectivity index (χ0) is 29.4. The summed E-state index contributed by atoms with van der Waals surface area (Å²) in [6.45, 7) is 7.58. The topological polar surface area (TPSA) is 82.4 Å². The fourth-order valence-electron chi connectivity index (χ4n) is 4.42. The van der Waals surface area contributed by atoms with Crippen LogP contribution in [0.5, 0.6) is 0 Å². The van der Waals surface area contributed by atoms with E-state index in [9.17, 15) is 27.2 Å². The monoisotopic (exact) mass is 588 g/mol. The molecular formula is C26H29ClF4N4O3S. The lowest BCUT2D eigenvalue weighted by molar-refractivity contribution is -0.0887. The van der Waals surface area contributed by atoms with Crippen LogP contribution in [0.1, 0.15) is 52.8 Å². The molecule has 4 rings (SSSR count). The fourth-order valence-corrected chi connectivity index (χ4v) is 7.08. The first-order chi connectivity index (χ1) is 18.1. The lowest BCUT2D eigenvalue weighted by atomic mass is 9.97. The number of aromatic amines is 1. The number of fused-ring (bicyclic) bond motifs is 1. The molecule has 1 aliphatic rings. The number of nitrogens with one attached hydrogen (secondary N) is 1. The summed E-state index contributed by atoms with van der Waals surface area (Å²) in [5.74, 6) is 4.73. The number of benzene rings is 2. The van der Waals surface area contributed by atoms with Crippen LogP contribution in [-0.4, -0.2) is 51.9 Å². The van der Waals surface area contributed by atoms with E-state index in [4.69, 9.17) is 16.0 Å². The Morgan fingerprint density at radius 2 is 1.90 bits per heavy atom. The minimum atomic E-state index is -5.18. The summed E-state index contributed by atoms with van der Waals surface area (Å²) >= 11 is 6.09. The Bertz CT molecular complexity index is 1560. The molecule has 0 fully saturated rings. The first-order valence-corrected chi connectivity index (χ1v) is 14.2. The Balaban J connectivity index is 0.00000205. The zero-order valence-electron chi connectivity index (χ0n) is 22.1. The predicted octanol–water partition coefficient (Wildman–Crippen LogP) is 6.18. The van der Waals surface area contributed by atoms with Gasteiger partial charge in [-0.25, -0.2) is 18.6 Å². The number of aromatic nitrogens is 2. The maximum absolute atomic E-state index is 15.0. The van der Waals surface area contributed by atoms with Gasteiger partial charge in [-0.2, -0.15) is 13.2 Å². The van der Waals surface area contributed by atoms with Crippen molar-refractivity contribution in [2.24, 2.45) is 0 Å². The largest absolute Gasteiger partial charge is 0.454 e. The summed E-state index contributed by atoms with van der Waals surface area (Å²) in [6.07, 6.45) is -5.24. The van der Waals surface area contributed by atoms with Crippen molar-refractivity contribution in [3.05, 3.63) is 73.8 Å². The van der Waals surface area contributed by atoms with Crippen molar-refractivity contribution in [2.45, 2.75) is 51.2 Å². The van der Waals surface area contributed by atoms with Gasteiger partial charge in [-0.3, -0.25) is 4.79 Å². The Hall–Kier alpha value is -3.09. The van der Waals surface area contributed by atoms with E-state index in [-0.39, 0.29) is 34.6 Å². The van der Waals surface area contributed by atoms with Crippen LogP contribution in [0.25, 0.3) is 0 Å². The Labute approximate surface area is 229 Å². The van der Waals surface area contributed by atoms with Crippen molar-refractivity contribution in [2.75, 3.05) is 18.6 Å². The highest BCUT2D eigenvalue weighted by molar-refractivity contribution is 8.26. The summed E-state index contributed by atoms with van der Waals surface area (Å²) in [7, 11) is -1.30. The highest BCUT2D eigenvalue weighted by Crippen LogP contribution is 2.53. The zero-order valence-corrected chi connectivity index (χ0v) is 23.7. The number of ketones is 1. The van der Waals surface area contributed by atoms with E-state index >= 15 is 0 Å². The van der Waals surface area contributed by atoms with Crippen LogP contribution in [0.3, 0.4) is 0 Å². The van der Waals surface area contributed by atoms with Crippen LogP contribution in [0, 0.1) is 19.7 Å². The lowest BCUT2D eigenvalue weighted by Gasteiger charge is -2.45. The lowest BCUT2D eigenvalue weighted by Crippen LogP contribution is -2.42. The van der Waals surface area contributed by atoms with Crippen molar-refractivity contribution >= 4 is 44.2 Å². The predicted molar refractivity (Wildman–Crippen MR) is 148 cm³/mol. The summed E-state index contributed by atoms with van der Waals surface area (Å²) in [4.78, 5) is 25.8. The number of carbonyl (C=O) groups excluding carboxylic acids is 1. The molecule has 0 radical (unpaired) electrons. The van der Waals surface area contributed by atoms with E-state index < -0.39 is 44.5 Å². The van der Waals surface area contributed by atoms with Crippen molar-refractivity contribution in [3.8, 4) is 0 Å². The minimum Gasteiger partial charge on any atom is -0.391 e. The molecule has 0 aliphatic carbocycles. The molecule has 0 spiro atoms. The number of alkyl halides is 3. The third-order valence-electron chi connectivity index (χ3n) is 6.42. The first kappa shape index (κ1) is 30.5. The first-order valence-electron chi connectivity index (χ1n) is 11.9. The van der Waals surface area contributed by atoms with Crippen molar-refractivity contribution < 1.29 is 26.8 Å². The van der Waals surface area contributed by atoms with E-state index in [0.717, 1.165) is 11.6 Å². The van der Waals surface area contributed by atoms with Gasteiger partial charge in [-0.05, 0) is 48.7 Å². The van der Waals surface area contributed by atoms with Crippen LogP contribution >= 0.6 is 21.0 Å². The quantitative estimate of drug-likeness (QED) is 0.218. The van der Waals surface area contributed by atoms with Crippen LogP contribution < -0.4 is 10.7 Å². The van der Waals surface area contributed by atoms with E-state index in [1.165, 1.54) is 12.1 Å². The van der Waals surface area contributed by atoms with Gasteiger partial charge in [0.1, 0.15) is 11.9 Å². The number of anilines is 1. The molecular weight excluding hydrogens is 560 g/mol. The highest BCUT2D eigenvalue weighted by Gasteiger charge is 2.44. The molecule has 1 unspecified atom stereocenters. The Kier molecular flexibility index (Phi) is 8.73. The highest BCUT2D eigenvalue weighted by atomic mass is 35.5. The smallest absolute Gasteiger partial charge is 0.391 e. The molecule has 7 nitrogen and oxygen atoms in total. The van der Waals surface area contributed by atoms with Gasteiger partial charge in [0.15, 0.2) is 0 Å². The maximum atomic E-state index is 15.0. The maximum Gasteiger partial charge on any atom is 0.454 e. The van der Waals surface area contributed by atoms with Crippen LogP contribution in [0.4, 0.5) is 23.2 Å². The Morgan fingerprint density at radius 1 is 1.26 bits per heavy atom. The number of hydrogen-bond donors (Lipinski definition) is 1. The summed E-state index contributed by atoms with van der Waals surface area (Å²) in [6, 6.07) is 4.34. The molecule has 39 heavy (non-hydrogen) atoms. The fraction of sp³-hybridized carbons (Fsp3) is 0.346. The van der Waals surface area contributed by atoms with Gasteiger partial charge in [0.05, 0.1) is 12.4 Å². The van der Waals surface area contributed by atoms with Gasteiger partial charge in [0.2, 0.25) is 5.89 Å². The second kappa shape index (κ2) is 11.2. The third-order valence-corrected chi connectivity index (χ3v) is 9.10. The molecule has 0 saturated heterocycles. The average molecular weight is 589 g/mol. The molecule has 212 valence electrons. The van der Waals surface area contributed by atoms with Crippen molar-refractivity contribution in [1.29, 1.82) is 0 Å². The number of nitrogens with zero attached hydrogens (tertiary/aromatic N) is 3. The Morgan fingerprint density at radius 3 is 2.46 bits per heavy atom. The van der Waals surface area contributed by atoms with E-state index in [1.807, 2.05) is 20.8 Å². The number of rotatable bonds is 5. The number of halogens is 5. The van der Waals surface area contributed by atoms with Crippen LogP contribution in [0.2, 0.25) is 5.02 Å². The molecule has 0 bridgehead atoms. The normalized spacial score (nSPS) is 15.8. The second-order valence-corrected chi connectivity index (χ2v) is 11.9. The summed E-state index contributed by atoms with van der Waals surface area (Å²) in [5.41, 5.74) is 1.36. The second-order valence-electron chi connectivity index (χ2n) is 8.87. The van der Waals surface area contributed by atoms with Crippen LogP contribution in [-0.2, 0) is 6.42 Å². The molecule has 1 atom stereocenters. The van der Waals surface area contributed by atoms with E-state index in [2.05, 4.69) is 21.9 Å². The standard InChI is InChI=1S/C24H23ClF4N4O3S.C2H6/c1-12-6-7-17(26)15(13(12)2)10-19(22-30-31-23(35)36-22)33-11-32(3)18-9-14(25)8-16(20(18)37(33,4)5)21(34)24(27,28)29;1-2/h6-9,19H,4-5,10-11H2,1-3H3,(H,31,35);1-2H3. The average Bonchev–Trinajstić information content (AvgIpc) is 3.30. The van der Waals surface area contributed by atoms with E-state index in [1.54, 1.807) is 29.2 Å². The van der Waals surface area contributed by atoms with Crippen molar-refractivity contribution in [1.82, 2.24) is 14.5 Å². The molecule has 2 heterocycles. The molecule has 1 N–H and O–H groups in total. The molecule has 1 aromatic heterocycles. The van der Waals surface area contributed by atoms with Gasteiger partial charge in [-0.15, -0.1) is 14.5 Å². The van der Waals surface area contributed by atoms with E-state index in [0.29, 0.717) is 11.1 Å². The summed E-state index contributed by atoms with van der Waals surface area (Å²) in [5, 5.41) is 6.04. The number of carbonyl (C=O) groups is 1. The van der Waals surface area contributed by atoms with Crippen LogP contribution in [0.15, 0.2) is 38.4 Å². The molecule has 2 aromatic carbocycles. The molecule has 0 saturated carbocycles. The van der Waals surface area contributed by atoms with Gasteiger partial charge in [0, 0.05) is 29.0 Å². The summed E-state index contributed by atoms with van der Waals surface area (Å²) < 4.78 is 62.5. The van der Waals surface area contributed by atoms with Gasteiger partial charge in [0.25, 0.3) is 5.78 Å². The van der Waals surface area contributed by atoms with Gasteiger partial charge in [-0.1, -0.05) is 43.3 Å². The molecule has 3 aromatic rings. The third kappa shape index (κ3) is 5.78. The van der Waals surface area contributed by atoms with Gasteiger partial charge >= 0.3 is 11.9 Å². The molecule has 0 amide bonds. The minimum absolute atomic E-state index is 0.0308. The number of hydrogen-bond acceptors (Lipinski definition) is 6. The number of H-pyrrole nitrogens is 1. The SMILES string of the molecule is C=S1(=C)c2c(C(=O)C(F)(F)F)cc(Cl)cc2N(C)CN1C(Cc1c(F)ccc(C)c1C)c1n[nH]c(=O)o1.CC. The number of aryl methyl sites for hydroxylation is 1. The van der Waals surface area contributed by atoms with Crippen molar-refractivity contribution in [3.63, 3.8) is 0 Å². The molecule has 13 heteroatoms. The van der Waals surface area contributed by atoms with Gasteiger partial charge < -0.3 is 9.32 Å². The molecule has 1 aliphatic heterocycles.